The van der Waals surface area contributed by atoms with Gasteiger partial charge >= 0.3 is 0 Å². The Morgan fingerprint density at radius 2 is 1.92 bits per heavy atom. The second kappa shape index (κ2) is 7.51. The molecule has 0 saturated carbocycles. The van der Waals surface area contributed by atoms with Crippen molar-refractivity contribution in [2.75, 3.05) is 27.3 Å². The Morgan fingerprint density at radius 1 is 1.20 bits per heavy atom. The van der Waals surface area contributed by atoms with Gasteiger partial charge in [-0.3, -0.25) is 4.79 Å². The van der Waals surface area contributed by atoms with Gasteiger partial charge in [0.1, 0.15) is 17.3 Å². The van der Waals surface area contributed by atoms with Crippen LogP contribution >= 0.6 is 0 Å². The van der Waals surface area contributed by atoms with Gasteiger partial charge in [0.25, 0.3) is 5.91 Å². The van der Waals surface area contributed by atoms with Crippen molar-refractivity contribution < 1.29 is 14.3 Å². The van der Waals surface area contributed by atoms with Crippen LogP contribution in [0.1, 0.15) is 40.6 Å². The molecule has 6 nitrogen and oxygen atoms in total. The number of ether oxygens (including phenoxy) is 2. The van der Waals surface area contributed by atoms with Crippen molar-refractivity contribution in [3.8, 4) is 11.5 Å². The fraction of sp³-hybridized carbons (Fsp3) is 0.421. The molecule has 1 fully saturated rings. The standard InChI is InChI=1S/C19H23N3O3/c1-13-20-7-6-18(21-13)14-5-4-8-22(12-14)19(23)15-9-16(24-2)11-17(10-15)25-3/h6-7,9-11,14H,4-5,8,12H2,1-3H3/t14-/m1/s1. The van der Waals surface area contributed by atoms with Crippen molar-refractivity contribution in [1.29, 1.82) is 0 Å². The Balaban J connectivity index is 1.80. The summed E-state index contributed by atoms with van der Waals surface area (Å²) in [4.78, 5) is 23.5. The smallest absolute Gasteiger partial charge is 0.254 e. The molecule has 2 heterocycles. The van der Waals surface area contributed by atoms with Crippen LogP contribution in [0.3, 0.4) is 0 Å². The Kier molecular flexibility index (Phi) is 5.16. The fourth-order valence-electron chi connectivity index (χ4n) is 3.22. The molecule has 0 radical (unpaired) electrons. The molecule has 25 heavy (non-hydrogen) atoms. The molecular weight excluding hydrogens is 318 g/mol. The second-order valence-electron chi connectivity index (χ2n) is 6.22. The minimum absolute atomic E-state index is 0.00678. The van der Waals surface area contributed by atoms with Gasteiger partial charge in [0.05, 0.1) is 14.2 Å². The van der Waals surface area contributed by atoms with Crippen molar-refractivity contribution in [1.82, 2.24) is 14.9 Å². The first-order valence-corrected chi connectivity index (χ1v) is 8.42. The number of hydrogen-bond acceptors (Lipinski definition) is 5. The quantitative estimate of drug-likeness (QED) is 0.855. The van der Waals surface area contributed by atoms with Gasteiger partial charge in [-0.05, 0) is 38.0 Å². The lowest BCUT2D eigenvalue weighted by Crippen LogP contribution is -2.39. The minimum Gasteiger partial charge on any atom is -0.497 e. The number of piperidine rings is 1. The van der Waals surface area contributed by atoms with Crippen molar-refractivity contribution in [2.45, 2.75) is 25.7 Å². The summed E-state index contributed by atoms with van der Waals surface area (Å²) >= 11 is 0. The minimum atomic E-state index is -0.00678. The number of aromatic nitrogens is 2. The molecule has 1 aliphatic rings. The molecule has 2 aromatic rings. The zero-order valence-electron chi connectivity index (χ0n) is 14.9. The molecule has 0 unspecified atom stereocenters. The number of rotatable bonds is 4. The van der Waals surface area contributed by atoms with E-state index in [2.05, 4.69) is 9.97 Å². The summed E-state index contributed by atoms with van der Waals surface area (Å²) in [6, 6.07) is 7.21. The number of carbonyl (C=O) groups excluding carboxylic acids is 1. The molecular formula is C19H23N3O3. The molecule has 1 aliphatic heterocycles. The van der Waals surface area contributed by atoms with Crippen molar-refractivity contribution in [3.05, 3.63) is 47.5 Å². The highest BCUT2D eigenvalue weighted by atomic mass is 16.5. The highest BCUT2D eigenvalue weighted by molar-refractivity contribution is 5.95. The molecule has 0 aliphatic carbocycles. The summed E-state index contributed by atoms with van der Waals surface area (Å²) in [6.45, 7) is 3.30. The van der Waals surface area contributed by atoms with E-state index in [4.69, 9.17) is 9.47 Å². The summed E-state index contributed by atoms with van der Waals surface area (Å²) in [7, 11) is 3.16. The number of amides is 1. The maximum absolute atomic E-state index is 13.0. The van der Waals surface area contributed by atoms with Gasteiger partial charge in [0.2, 0.25) is 0 Å². The van der Waals surface area contributed by atoms with Crippen molar-refractivity contribution in [3.63, 3.8) is 0 Å². The molecule has 1 aromatic carbocycles. The first-order valence-electron chi connectivity index (χ1n) is 8.42. The Hall–Kier alpha value is -2.63. The maximum Gasteiger partial charge on any atom is 0.254 e. The summed E-state index contributed by atoms with van der Waals surface area (Å²) in [5, 5.41) is 0. The van der Waals surface area contributed by atoms with Gasteiger partial charge in [-0.25, -0.2) is 9.97 Å². The summed E-state index contributed by atoms with van der Waals surface area (Å²) in [6.07, 6.45) is 3.77. The lowest BCUT2D eigenvalue weighted by molar-refractivity contribution is 0.0705. The first kappa shape index (κ1) is 17.2. The fourth-order valence-corrected chi connectivity index (χ4v) is 3.22. The van der Waals surface area contributed by atoms with Crippen LogP contribution in [0.5, 0.6) is 11.5 Å². The molecule has 1 saturated heterocycles. The summed E-state index contributed by atoms with van der Waals surface area (Å²) in [5.74, 6) is 2.23. The molecule has 0 bridgehead atoms. The third-order valence-electron chi connectivity index (χ3n) is 4.52. The summed E-state index contributed by atoms with van der Waals surface area (Å²) in [5.41, 5.74) is 1.59. The molecule has 1 amide bonds. The van der Waals surface area contributed by atoms with E-state index < -0.39 is 0 Å². The van der Waals surface area contributed by atoms with E-state index in [1.54, 1.807) is 38.6 Å². The molecule has 0 N–H and O–H groups in total. The lowest BCUT2D eigenvalue weighted by atomic mass is 9.94. The van der Waals surface area contributed by atoms with E-state index in [0.29, 0.717) is 23.6 Å². The number of aryl methyl sites for hydroxylation is 1. The third kappa shape index (κ3) is 3.90. The van der Waals surface area contributed by atoms with Gasteiger partial charge in [-0.1, -0.05) is 0 Å². The van der Waals surface area contributed by atoms with Gasteiger partial charge < -0.3 is 14.4 Å². The Labute approximate surface area is 147 Å². The largest absolute Gasteiger partial charge is 0.497 e. The Bertz CT molecular complexity index is 741. The Morgan fingerprint density at radius 3 is 2.56 bits per heavy atom. The van der Waals surface area contributed by atoms with Gasteiger partial charge in [0, 0.05) is 42.5 Å². The molecule has 1 aromatic heterocycles. The predicted octanol–water partition coefficient (Wildman–Crippen LogP) is 2.82. The molecule has 3 rings (SSSR count). The highest BCUT2D eigenvalue weighted by Gasteiger charge is 2.27. The zero-order chi connectivity index (χ0) is 17.8. The average Bonchev–Trinajstić information content (AvgIpc) is 2.67. The average molecular weight is 341 g/mol. The number of methoxy groups -OCH3 is 2. The van der Waals surface area contributed by atoms with Crippen molar-refractivity contribution >= 4 is 5.91 Å². The van der Waals surface area contributed by atoms with E-state index in [0.717, 1.165) is 30.9 Å². The SMILES string of the molecule is COc1cc(OC)cc(C(=O)N2CCC[C@@H](c3ccnc(C)n3)C2)c1. The van der Waals surface area contributed by atoms with E-state index in [1.807, 2.05) is 17.9 Å². The van der Waals surface area contributed by atoms with Crippen molar-refractivity contribution in [2.24, 2.45) is 0 Å². The van der Waals surface area contributed by atoms with Crippen LogP contribution in [0.15, 0.2) is 30.5 Å². The van der Waals surface area contributed by atoms with Crippen LogP contribution in [0, 0.1) is 6.92 Å². The van der Waals surface area contributed by atoms with Crippen LogP contribution in [0.2, 0.25) is 0 Å². The number of likely N-dealkylation sites (tertiary alicyclic amines) is 1. The van der Waals surface area contributed by atoms with E-state index >= 15 is 0 Å². The van der Waals surface area contributed by atoms with Crippen LogP contribution in [0.4, 0.5) is 0 Å². The molecule has 0 spiro atoms. The maximum atomic E-state index is 13.0. The first-order chi connectivity index (χ1) is 12.1. The van der Waals surface area contributed by atoms with Crippen LogP contribution in [-0.2, 0) is 0 Å². The number of carbonyl (C=O) groups is 1. The second-order valence-corrected chi connectivity index (χ2v) is 6.22. The summed E-state index contributed by atoms with van der Waals surface area (Å²) < 4.78 is 10.5. The van der Waals surface area contributed by atoms with Crippen LogP contribution in [-0.4, -0.2) is 48.1 Å². The predicted molar refractivity (Wildman–Crippen MR) is 94.2 cm³/mol. The van der Waals surface area contributed by atoms with Gasteiger partial charge in [0.15, 0.2) is 0 Å². The number of nitrogens with zero attached hydrogens (tertiary/aromatic N) is 3. The number of benzene rings is 1. The molecule has 6 heteroatoms. The zero-order valence-corrected chi connectivity index (χ0v) is 14.9. The lowest BCUT2D eigenvalue weighted by Gasteiger charge is -2.32. The normalized spacial score (nSPS) is 17.2. The van der Waals surface area contributed by atoms with E-state index in [9.17, 15) is 4.79 Å². The van der Waals surface area contributed by atoms with Gasteiger partial charge in [-0.15, -0.1) is 0 Å². The van der Waals surface area contributed by atoms with E-state index in [1.165, 1.54) is 0 Å². The van der Waals surface area contributed by atoms with Gasteiger partial charge in [-0.2, -0.15) is 0 Å². The number of hydrogen-bond donors (Lipinski definition) is 0. The molecule has 1 atom stereocenters. The van der Waals surface area contributed by atoms with Crippen LogP contribution in [0.25, 0.3) is 0 Å². The molecule has 132 valence electrons. The monoisotopic (exact) mass is 341 g/mol. The van der Waals surface area contributed by atoms with Crippen LogP contribution < -0.4 is 9.47 Å². The highest BCUT2D eigenvalue weighted by Crippen LogP contribution is 2.28. The third-order valence-corrected chi connectivity index (χ3v) is 4.52. The topological polar surface area (TPSA) is 64.6 Å². The van der Waals surface area contributed by atoms with E-state index in [-0.39, 0.29) is 11.8 Å².